The molecule has 1 aromatic heterocycles. The van der Waals surface area contributed by atoms with Crippen molar-refractivity contribution in [2.75, 3.05) is 6.54 Å². The number of hydrogen-bond acceptors (Lipinski definition) is 5. The molecule has 9 heteroatoms. The summed E-state index contributed by atoms with van der Waals surface area (Å²) in [7, 11) is 0. The lowest BCUT2D eigenvalue weighted by Crippen LogP contribution is -2.37. The number of nitrogens with one attached hydrogen (secondary N) is 2. The van der Waals surface area contributed by atoms with Crippen molar-refractivity contribution in [3.05, 3.63) is 66.9 Å². The smallest absolute Gasteiger partial charge is 0.330 e. The van der Waals surface area contributed by atoms with Crippen molar-refractivity contribution in [1.29, 1.82) is 0 Å². The van der Waals surface area contributed by atoms with E-state index < -0.39 is 29.7 Å². The third-order valence-electron chi connectivity index (χ3n) is 4.23. The number of aliphatic hydroxyl groups is 1. The second-order valence-corrected chi connectivity index (χ2v) is 7.04. The minimum absolute atomic E-state index is 0.101. The van der Waals surface area contributed by atoms with Crippen LogP contribution in [-0.2, 0) is 4.74 Å². The molecule has 0 spiro atoms. The molecule has 2 heterocycles. The maximum absolute atomic E-state index is 12.1. The molecule has 0 radical (unpaired) electrons. The number of hydrogen-bond donors (Lipinski definition) is 3. The second kappa shape index (κ2) is 7.56. The lowest BCUT2D eigenvalue weighted by atomic mass is 10.1. The van der Waals surface area contributed by atoms with Gasteiger partial charge in [-0.1, -0.05) is 15.9 Å². The summed E-state index contributed by atoms with van der Waals surface area (Å²) in [6.07, 6.45) is -0.614. The predicted molar refractivity (Wildman–Crippen MR) is 97.1 cm³/mol. The fourth-order valence-electron chi connectivity index (χ4n) is 2.77. The topological polar surface area (TPSA) is 113 Å². The number of amides is 1. The first-order chi connectivity index (χ1) is 12.3. The first-order valence-corrected chi connectivity index (χ1v) is 8.84. The highest BCUT2D eigenvalue weighted by Crippen LogP contribution is 2.27. The number of rotatable bonds is 4. The van der Waals surface area contributed by atoms with E-state index >= 15 is 0 Å². The van der Waals surface area contributed by atoms with Crippen molar-refractivity contribution < 1.29 is 14.6 Å². The van der Waals surface area contributed by atoms with Gasteiger partial charge in [-0.25, -0.2) is 4.79 Å². The average molecular weight is 424 g/mol. The lowest BCUT2D eigenvalue weighted by Gasteiger charge is -2.17. The summed E-state index contributed by atoms with van der Waals surface area (Å²) >= 11 is 3.30. The first kappa shape index (κ1) is 18.6. The van der Waals surface area contributed by atoms with Crippen LogP contribution in [0, 0.1) is 6.92 Å². The van der Waals surface area contributed by atoms with Gasteiger partial charge in [-0.15, -0.1) is 0 Å². The van der Waals surface area contributed by atoms with Gasteiger partial charge in [0.15, 0.2) is 0 Å². The Hall–Kier alpha value is -2.23. The molecule has 0 unspecified atom stereocenters. The number of aliphatic hydroxyl groups excluding tert-OH is 1. The monoisotopic (exact) mass is 423 g/mol. The number of carbonyl (C=O) groups excluding carboxylic acids is 1. The van der Waals surface area contributed by atoms with Gasteiger partial charge in [-0.3, -0.25) is 19.1 Å². The van der Waals surface area contributed by atoms with Gasteiger partial charge >= 0.3 is 5.69 Å². The van der Waals surface area contributed by atoms with Crippen LogP contribution in [0.3, 0.4) is 0 Å². The standard InChI is InChI=1S/C17H18BrN3O5/c1-9-8-21(17(25)20-15(9)23)14-6-12(22)13(26-14)7-19-16(24)10-2-4-11(18)5-3-10/h2-5,8,12-14,22H,6-7H2,1H3,(H,19,24)(H,20,23,25)/t12-,13+,14+/m0/s1. The third kappa shape index (κ3) is 3.95. The molecule has 2 aromatic rings. The lowest BCUT2D eigenvalue weighted by molar-refractivity contribution is -0.0187. The largest absolute Gasteiger partial charge is 0.390 e. The minimum atomic E-state index is -0.843. The summed E-state index contributed by atoms with van der Waals surface area (Å²) in [4.78, 5) is 37.8. The number of H-pyrrole nitrogens is 1. The number of aromatic nitrogens is 2. The average Bonchev–Trinajstić information content (AvgIpc) is 2.97. The Morgan fingerprint density at radius 3 is 2.77 bits per heavy atom. The Morgan fingerprint density at radius 2 is 2.08 bits per heavy atom. The molecule has 1 saturated heterocycles. The van der Waals surface area contributed by atoms with Gasteiger partial charge < -0.3 is 15.2 Å². The van der Waals surface area contributed by atoms with Crippen LogP contribution in [0.2, 0.25) is 0 Å². The van der Waals surface area contributed by atoms with Gasteiger partial charge in [0.2, 0.25) is 0 Å². The summed E-state index contributed by atoms with van der Waals surface area (Å²) in [6, 6.07) is 6.88. The second-order valence-electron chi connectivity index (χ2n) is 6.13. The van der Waals surface area contributed by atoms with Crippen LogP contribution in [0.1, 0.15) is 28.6 Å². The number of aromatic amines is 1. The normalized spacial score (nSPS) is 22.3. The predicted octanol–water partition coefficient (Wildman–Crippen LogP) is 0.686. The quantitative estimate of drug-likeness (QED) is 0.669. The van der Waals surface area contributed by atoms with E-state index in [-0.39, 0.29) is 18.9 Å². The van der Waals surface area contributed by atoms with Crippen LogP contribution in [0.15, 0.2) is 44.5 Å². The number of halogens is 1. The Morgan fingerprint density at radius 1 is 1.38 bits per heavy atom. The molecule has 1 fully saturated rings. The highest BCUT2D eigenvalue weighted by atomic mass is 79.9. The van der Waals surface area contributed by atoms with Crippen LogP contribution in [-0.4, -0.2) is 39.3 Å². The number of aryl methyl sites for hydroxylation is 1. The van der Waals surface area contributed by atoms with Crippen LogP contribution >= 0.6 is 15.9 Å². The summed E-state index contributed by atoms with van der Waals surface area (Å²) in [5.74, 6) is -0.284. The van der Waals surface area contributed by atoms with E-state index in [0.717, 1.165) is 4.47 Å². The van der Waals surface area contributed by atoms with Gasteiger partial charge in [0.1, 0.15) is 12.3 Å². The Labute approximate surface area is 156 Å². The molecule has 1 amide bonds. The van der Waals surface area contributed by atoms with E-state index in [0.29, 0.717) is 11.1 Å². The molecular formula is C17H18BrN3O5. The molecule has 26 heavy (non-hydrogen) atoms. The molecule has 0 bridgehead atoms. The van der Waals surface area contributed by atoms with Crippen molar-refractivity contribution in [2.24, 2.45) is 0 Å². The summed E-state index contributed by atoms with van der Waals surface area (Å²) in [5.41, 5.74) is -0.195. The summed E-state index contributed by atoms with van der Waals surface area (Å²) in [6.45, 7) is 1.68. The fourth-order valence-corrected chi connectivity index (χ4v) is 3.03. The van der Waals surface area contributed by atoms with E-state index in [4.69, 9.17) is 4.74 Å². The van der Waals surface area contributed by atoms with Crippen molar-refractivity contribution in [3.63, 3.8) is 0 Å². The van der Waals surface area contributed by atoms with Crippen LogP contribution in [0.25, 0.3) is 0 Å². The van der Waals surface area contributed by atoms with Gasteiger partial charge in [0, 0.05) is 34.8 Å². The SMILES string of the molecule is Cc1cn([C@H]2C[C@H](O)[C@@H](CNC(=O)c3ccc(Br)cc3)O2)c(=O)[nH]c1=O. The fraction of sp³-hybridized carbons (Fsp3) is 0.353. The number of benzene rings is 1. The summed E-state index contributed by atoms with van der Waals surface area (Å²) < 4.78 is 7.82. The molecule has 3 N–H and O–H groups in total. The third-order valence-corrected chi connectivity index (χ3v) is 4.76. The molecule has 138 valence electrons. The van der Waals surface area contributed by atoms with E-state index in [9.17, 15) is 19.5 Å². The van der Waals surface area contributed by atoms with Gasteiger partial charge in [-0.05, 0) is 31.2 Å². The van der Waals surface area contributed by atoms with Gasteiger partial charge in [0.25, 0.3) is 11.5 Å². The van der Waals surface area contributed by atoms with Crippen molar-refractivity contribution in [1.82, 2.24) is 14.9 Å². The van der Waals surface area contributed by atoms with E-state index in [2.05, 4.69) is 26.2 Å². The highest BCUT2D eigenvalue weighted by Gasteiger charge is 2.35. The molecule has 1 aliphatic rings. The number of ether oxygens (including phenoxy) is 1. The van der Waals surface area contributed by atoms with E-state index in [1.165, 1.54) is 10.8 Å². The van der Waals surface area contributed by atoms with Crippen LogP contribution in [0.5, 0.6) is 0 Å². The van der Waals surface area contributed by atoms with E-state index in [1.54, 1.807) is 31.2 Å². The number of nitrogens with zero attached hydrogens (tertiary/aromatic N) is 1. The Bertz CT molecular complexity index is 921. The minimum Gasteiger partial charge on any atom is -0.390 e. The first-order valence-electron chi connectivity index (χ1n) is 8.04. The van der Waals surface area contributed by atoms with Crippen LogP contribution in [0.4, 0.5) is 0 Å². The zero-order valence-corrected chi connectivity index (χ0v) is 15.5. The molecule has 8 nitrogen and oxygen atoms in total. The molecule has 3 rings (SSSR count). The van der Waals surface area contributed by atoms with Crippen LogP contribution < -0.4 is 16.6 Å². The van der Waals surface area contributed by atoms with Crippen molar-refractivity contribution in [3.8, 4) is 0 Å². The maximum atomic E-state index is 12.1. The maximum Gasteiger partial charge on any atom is 0.330 e. The van der Waals surface area contributed by atoms with Crippen molar-refractivity contribution >= 4 is 21.8 Å². The molecular weight excluding hydrogens is 406 g/mol. The van der Waals surface area contributed by atoms with Crippen molar-refractivity contribution in [2.45, 2.75) is 31.8 Å². The molecule has 0 aliphatic carbocycles. The molecule has 1 aliphatic heterocycles. The van der Waals surface area contributed by atoms with E-state index in [1.807, 2.05) is 0 Å². The summed E-state index contributed by atoms with van der Waals surface area (Å²) in [5, 5.41) is 12.9. The highest BCUT2D eigenvalue weighted by molar-refractivity contribution is 9.10. The molecule has 0 saturated carbocycles. The number of carbonyl (C=O) groups is 1. The molecule has 3 atom stereocenters. The zero-order chi connectivity index (χ0) is 18.8. The Balaban J connectivity index is 1.65. The van der Waals surface area contributed by atoms with Gasteiger partial charge in [0.05, 0.1) is 6.10 Å². The van der Waals surface area contributed by atoms with Gasteiger partial charge in [-0.2, -0.15) is 0 Å². The Kier molecular flexibility index (Phi) is 5.40. The zero-order valence-electron chi connectivity index (χ0n) is 13.9. The molecule has 1 aromatic carbocycles.